The third-order valence-electron chi connectivity index (χ3n) is 2.66. The normalized spacial score (nSPS) is 10.4. The molecule has 0 radical (unpaired) electrons. The summed E-state index contributed by atoms with van der Waals surface area (Å²) in [5, 5.41) is 0. The van der Waals surface area contributed by atoms with Crippen LogP contribution in [0, 0.1) is 11.6 Å². The zero-order chi connectivity index (χ0) is 11.4. The van der Waals surface area contributed by atoms with E-state index in [4.69, 9.17) is 12.2 Å². The van der Waals surface area contributed by atoms with Crippen molar-refractivity contribution in [2.24, 2.45) is 0 Å². The van der Waals surface area contributed by atoms with Gasteiger partial charge in [0, 0.05) is 24.3 Å². The van der Waals surface area contributed by atoms with Crippen molar-refractivity contribution in [1.29, 1.82) is 0 Å². The average molecular weight is 225 g/mol. The van der Waals surface area contributed by atoms with Crippen molar-refractivity contribution in [2.45, 2.75) is 34.1 Å². The number of aromatic amines is 1. The van der Waals surface area contributed by atoms with Gasteiger partial charge < -0.3 is 9.88 Å². The molecule has 3 nitrogen and oxygen atoms in total. The maximum atomic E-state index is 5.25. The van der Waals surface area contributed by atoms with Gasteiger partial charge in [-0.3, -0.25) is 0 Å². The monoisotopic (exact) mass is 225 g/mol. The van der Waals surface area contributed by atoms with Crippen molar-refractivity contribution in [3.63, 3.8) is 0 Å². The molecule has 0 saturated carbocycles. The lowest BCUT2D eigenvalue weighted by Crippen LogP contribution is -2.24. The van der Waals surface area contributed by atoms with Gasteiger partial charge in [-0.15, -0.1) is 0 Å². The molecule has 15 heavy (non-hydrogen) atoms. The minimum Gasteiger partial charge on any atom is -0.343 e. The van der Waals surface area contributed by atoms with Crippen LogP contribution in [0.5, 0.6) is 0 Å². The van der Waals surface area contributed by atoms with Gasteiger partial charge >= 0.3 is 0 Å². The summed E-state index contributed by atoms with van der Waals surface area (Å²) in [5.41, 5.74) is 2.29. The molecule has 0 spiro atoms. The first-order valence-electron chi connectivity index (χ1n) is 5.48. The second kappa shape index (κ2) is 5.26. The predicted octanol–water partition coefficient (Wildman–Crippen LogP) is 2.86. The summed E-state index contributed by atoms with van der Waals surface area (Å²) >= 11 is 5.25. The zero-order valence-corrected chi connectivity index (χ0v) is 10.7. The highest BCUT2D eigenvalue weighted by Gasteiger charge is 2.07. The molecule has 1 rings (SSSR count). The van der Waals surface area contributed by atoms with Crippen molar-refractivity contribution in [2.75, 3.05) is 18.0 Å². The van der Waals surface area contributed by atoms with Crippen LogP contribution in [0.2, 0.25) is 0 Å². The SMILES string of the molecule is CCc1[nH]c(N(CC)CC)nc(=S)c1C. The molecule has 0 aliphatic heterocycles. The van der Waals surface area contributed by atoms with E-state index >= 15 is 0 Å². The molecule has 0 aliphatic rings. The molecule has 1 aromatic rings. The lowest BCUT2D eigenvalue weighted by Gasteiger charge is -2.20. The zero-order valence-electron chi connectivity index (χ0n) is 9.92. The molecule has 0 unspecified atom stereocenters. The fourth-order valence-electron chi connectivity index (χ4n) is 1.59. The van der Waals surface area contributed by atoms with Crippen LogP contribution in [0.4, 0.5) is 5.95 Å². The quantitative estimate of drug-likeness (QED) is 0.800. The highest BCUT2D eigenvalue weighted by atomic mass is 32.1. The number of hydrogen-bond acceptors (Lipinski definition) is 3. The van der Waals surface area contributed by atoms with Crippen LogP contribution < -0.4 is 4.90 Å². The van der Waals surface area contributed by atoms with E-state index < -0.39 is 0 Å². The molecular formula is C11H19N3S. The van der Waals surface area contributed by atoms with Crippen LogP contribution in [0.15, 0.2) is 0 Å². The molecule has 1 N–H and O–H groups in total. The molecule has 0 saturated heterocycles. The molecule has 84 valence electrons. The summed E-state index contributed by atoms with van der Waals surface area (Å²) in [7, 11) is 0. The van der Waals surface area contributed by atoms with Crippen molar-refractivity contribution < 1.29 is 0 Å². The smallest absolute Gasteiger partial charge is 0.204 e. The second-order valence-electron chi connectivity index (χ2n) is 3.49. The number of H-pyrrole nitrogens is 1. The Balaban J connectivity index is 3.21. The van der Waals surface area contributed by atoms with Gasteiger partial charge in [0.25, 0.3) is 0 Å². The average Bonchev–Trinajstić information content (AvgIpc) is 2.24. The molecule has 0 atom stereocenters. The van der Waals surface area contributed by atoms with Gasteiger partial charge in [0.05, 0.1) is 0 Å². The minimum absolute atomic E-state index is 0.715. The number of aromatic nitrogens is 2. The van der Waals surface area contributed by atoms with Crippen LogP contribution in [0.25, 0.3) is 0 Å². The Morgan fingerprint density at radius 1 is 1.27 bits per heavy atom. The topological polar surface area (TPSA) is 31.9 Å². The standard InChI is InChI=1S/C11H19N3S/c1-5-9-8(4)10(15)13-11(12-9)14(6-2)7-3/h5-7H2,1-4H3,(H,12,13,15). The Hall–Kier alpha value is -0.900. The largest absolute Gasteiger partial charge is 0.343 e. The minimum atomic E-state index is 0.715. The van der Waals surface area contributed by atoms with Crippen molar-refractivity contribution in [3.8, 4) is 0 Å². The number of aryl methyl sites for hydroxylation is 1. The highest BCUT2D eigenvalue weighted by molar-refractivity contribution is 7.71. The van der Waals surface area contributed by atoms with Gasteiger partial charge in [-0.25, -0.2) is 4.98 Å². The van der Waals surface area contributed by atoms with E-state index in [1.54, 1.807) is 0 Å². The Kier molecular flexibility index (Phi) is 4.27. The van der Waals surface area contributed by atoms with E-state index in [0.29, 0.717) is 4.64 Å². The Morgan fingerprint density at radius 3 is 2.33 bits per heavy atom. The molecule has 0 amide bonds. The van der Waals surface area contributed by atoms with Gasteiger partial charge in [-0.05, 0) is 27.2 Å². The Morgan fingerprint density at radius 2 is 1.87 bits per heavy atom. The molecule has 1 heterocycles. The number of rotatable bonds is 4. The molecule has 1 aromatic heterocycles. The fraction of sp³-hybridized carbons (Fsp3) is 0.636. The van der Waals surface area contributed by atoms with Gasteiger partial charge in [-0.1, -0.05) is 19.1 Å². The van der Waals surface area contributed by atoms with Gasteiger partial charge in [0.1, 0.15) is 4.64 Å². The molecule has 0 aromatic carbocycles. The number of hydrogen-bond donors (Lipinski definition) is 1. The summed E-state index contributed by atoms with van der Waals surface area (Å²) in [6, 6.07) is 0. The van der Waals surface area contributed by atoms with Crippen LogP contribution >= 0.6 is 12.2 Å². The van der Waals surface area contributed by atoms with Crippen molar-refractivity contribution in [3.05, 3.63) is 15.9 Å². The van der Waals surface area contributed by atoms with Gasteiger partial charge in [0.15, 0.2) is 0 Å². The van der Waals surface area contributed by atoms with Crippen LogP contribution in [-0.4, -0.2) is 23.1 Å². The third kappa shape index (κ3) is 2.56. The Bertz CT molecular complexity index is 380. The molecule has 0 bridgehead atoms. The first-order chi connectivity index (χ1) is 7.13. The maximum absolute atomic E-state index is 5.25. The molecular weight excluding hydrogens is 206 g/mol. The van der Waals surface area contributed by atoms with E-state index in [-0.39, 0.29) is 0 Å². The van der Waals surface area contributed by atoms with Gasteiger partial charge in [-0.2, -0.15) is 0 Å². The maximum Gasteiger partial charge on any atom is 0.204 e. The lowest BCUT2D eigenvalue weighted by molar-refractivity contribution is 0.803. The summed E-state index contributed by atoms with van der Waals surface area (Å²) in [6.07, 6.45) is 0.965. The van der Waals surface area contributed by atoms with Crippen LogP contribution in [-0.2, 0) is 6.42 Å². The number of anilines is 1. The summed E-state index contributed by atoms with van der Waals surface area (Å²) in [5.74, 6) is 0.896. The van der Waals surface area contributed by atoms with Crippen molar-refractivity contribution in [1.82, 2.24) is 9.97 Å². The second-order valence-corrected chi connectivity index (χ2v) is 3.88. The Labute approximate surface area is 96.5 Å². The van der Waals surface area contributed by atoms with Crippen molar-refractivity contribution >= 4 is 18.2 Å². The van der Waals surface area contributed by atoms with Gasteiger partial charge in [0.2, 0.25) is 5.95 Å². The van der Waals surface area contributed by atoms with Crippen LogP contribution in [0.3, 0.4) is 0 Å². The summed E-state index contributed by atoms with van der Waals surface area (Å²) in [4.78, 5) is 9.94. The lowest BCUT2D eigenvalue weighted by atomic mass is 10.2. The van der Waals surface area contributed by atoms with E-state index in [1.807, 2.05) is 6.92 Å². The molecule has 4 heteroatoms. The number of nitrogens with one attached hydrogen (secondary N) is 1. The van der Waals surface area contributed by atoms with E-state index in [1.165, 1.54) is 5.69 Å². The van der Waals surface area contributed by atoms with E-state index in [9.17, 15) is 0 Å². The molecule has 0 fully saturated rings. The third-order valence-corrected chi connectivity index (χ3v) is 3.06. The first kappa shape index (κ1) is 12.2. The number of nitrogens with zero attached hydrogens (tertiary/aromatic N) is 2. The first-order valence-corrected chi connectivity index (χ1v) is 5.89. The van der Waals surface area contributed by atoms with Crippen LogP contribution in [0.1, 0.15) is 32.0 Å². The summed E-state index contributed by atoms with van der Waals surface area (Å²) < 4.78 is 0.715. The fourth-order valence-corrected chi connectivity index (χ4v) is 1.80. The molecule has 0 aliphatic carbocycles. The summed E-state index contributed by atoms with van der Waals surface area (Å²) in [6.45, 7) is 10.3. The van der Waals surface area contributed by atoms with E-state index in [0.717, 1.165) is 31.0 Å². The van der Waals surface area contributed by atoms with E-state index in [2.05, 4.69) is 35.6 Å². The highest BCUT2D eigenvalue weighted by Crippen LogP contribution is 2.13. The predicted molar refractivity (Wildman–Crippen MR) is 67.1 cm³/mol.